The van der Waals surface area contributed by atoms with Crippen LogP contribution in [0.2, 0.25) is 0 Å². The van der Waals surface area contributed by atoms with Gasteiger partial charge in [-0.2, -0.15) is 5.10 Å². The number of ketones is 1. The summed E-state index contributed by atoms with van der Waals surface area (Å²) in [7, 11) is 0. The van der Waals surface area contributed by atoms with Gasteiger partial charge < -0.3 is 5.32 Å². The van der Waals surface area contributed by atoms with Gasteiger partial charge >= 0.3 is 0 Å². The van der Waals surface area contributed by atoms with Gasteiger partial charge in [0, 0.05) is 23.6 Å². The van der Waals surface area contributed by atoms with Crippen LogP contribution in [0.4, 0.5) is 5.69 Å². The van der Waals surface area contributed by atoms with E-state index < -0.39 is 0 Å². The summed E-state index contributed by atoms with van der Waals surface area (Å²) in [6, 6.07) is 24.1. The molecule has 1 N–H and O–H groups in total. The van der Waals surface area contributed by atoms with Crippen molar-refractivity contribution in [1.82, 2.24) is 9.78 Å². The van der Waals surface area contributed by atoms with Crippen LogP contribution < -0.4 is 5.32 Å². The van der Waals surface area contributed by atoms with E-state index in [9.17, 15) is 9.59 Å². The average molecular weight is 355 g/mol. The van der Waals surface area contributed by atoms with Gasteiger partial charge in [0.1, 0.15) is 5.69 Å². The number of aromatic nitrogens is 2. The Morgan fingerprint density at radius 2 is 1.56 bits per heavy atom. The number of carbonyl (C=O) groups is 2. The van der Waals surface area contributed by atoms with Crippen molar-refractivity contribution in [3.05, 3.63) is 90.1 Å². The first-order valence-corrected chi connectivity index (χ1v) is 8.59. The lowest BCUT2D eigenvalue weighted by Crippen LogP contribution is -2.11. The predicted molar refractivity (Wildman–Crippen MR) is 105 cm³/mol. The summed E-state index contributed by atoms with van der Waals surface area (Å²) in [5.41, 5.74) is 3.25. The largest absolute Gasteiger partial charge is 0.322 e. The fourth-order valence-corrected chi connectivity index (χ4v) is 3.01. The Balaban J connectivity index is 1.79. The minimum Gasteiger partial charge on any atom is -0.322 e. The highest BCUT2D eigenvalue weighted by molar-refractivity contribution is 6.08. The summed E-state index contributed by atoms with van der Waals surface area (Å²) in [6.45, 7) is 1.50. The number of anilines is 1. The first-order valence-electron chi connectivity index (χ1n) is 8.59. The van der Waals surface area contributed by atoms with E-state index in [0.29, 0.717) is 16.9 Å². The minimum atomic E-state index is -0.187. The molecule has 0 spiro atoms. The fraction of sp³-hybridized carbons (Fsp3) is 0.0455. The fourth-order valence-electron chi connectivity index (χ4n) is 3.01. The maximum absolute atomic E-state index is 12.4. The first-order chi connectivity index (χ1) is 13.1. The van der Waals surface area contributed by atoms with E-state index in [1.165, 1.54) is 6.92 Å². The molecule has 0 radical (unpaired) electrons. The number of fused-ring (bicyclic) bond motifs is 1. The van der Waals surface area contributed by atoms with Crippen molar-refractivity contribution in [1.29, 1.82) is 0 Å². The van der Waals surface area contributed by atoms with E-state index in [4.69, 9.17) is 0 Å². The van der Waals surface area contributed by atoms with Gasteiger partial charge in [0.2, 0.25) is 0 Å². The Kier molecular flexibility index (Phi) is 4.26. The molecule has 0 aliphatic carbocycles. The van der Waals surface area contributed by atoms with E-state index >= 15 is 0 Å². The number of hydrogen-bond acceptors (Lipinski definition) is 3. The zero-order valence-corrected chi connectivity index (χ0v) is 14.7. The summed E-state index contributed by atoms with van der Waals surface area (Å²) in [5.74, 6) is -0.289. The van der Waals surface area contributed by atoms with Crippen LogP contribution in [0.5, 0.6) is 0 Å². The summed E-state index contributed by atoms with van der Waals surface area (Å²) in [6.07, 6.45) is 0. The van der Waals surface area contributed by atoms with Crippen LogP contribution in [0.15, 0.2) is 78.9 Å². The Labute approximate surface area is 156 Å². The molecule has 5 nitrogen and oxygen atoms in total. The first kappa shape index (κ1) is 16.7. The molecule has 4 rings (SSSR count). The highest BCUT2D eigenvalue weighted by Crippen LogP contribution is 2.26. The Morgan fingerprint density at radius 3 is 2.22 bits per heavy atom. The number of carbonyl (C=O) groups excluding carboxylic acids is 2. The molecule has 3 aromatic carbocycles. The second-order valence-corrected chi connectivity index (χ2v) is 6.20. The molecule has 0 saturated heterocycles. The van der Waals surface area contributed by atoms with E-state index in [2.05, 4.69) is 10.4 Å². The molecule has 1 heterocycles. The van der Waals surface area contributed by atoms with Crippen molar-refractivity contribution >= 4 is 28.3 Å². The van der Waals surface area contributed by atoms with Crippen LogP contribution >= 0.6 is 0 Å². The topological polar surface area (TPSA) is 64.0 Å². The summed E-state index contributed by atoms with van der Waals surface area (Å²) in [5, 5.41) is 8.15. The zero-order chi connectivity index (χ0) is 18.8. The molecule has 5 heteroatoms. The van der Waals surface area contributed by atoms with Crippen molar-refractivity contribution < 1.29 is 9.59 Å². The number of amides is 1. The third-order valence-corrected chi connectivity index (χ3v) is 4.31. The second-order valence-electron chi connectivity index (χ2n) is 6.20. The van der Waals surface area contributed by atoms with Gasteiger partial charge in [-0.3, -0.25) is 9.59 Å². The van der Waals surface area contributed by atoms with Gasteiger partial charge in [0.25, 0.3) is 5.91 Å². The van der Waals surface area contributed by atoms with Crippen molar-refractivity contribution in [3.63, 3.8) is 0 Å². The van der Waals surface area contributed by atoms with Gasteiger partial charge in [-0.1, -0.05) is 36.4 Å². The van der Waals surface area contributed by atoms with Crippen molar-refractivity contribution in [2.24, 2.45) is 0 Å². The molecule has 0 atom stereocenters. The molecule has 0 saturated carbocycles. The van der Waals surface area contributed by atoms with Gasteiger partial charge in [-0.15, -0.1) is 0 Å². The normalized spacial score (nSPS) is 10.7. The molecule has 0 aliphatic heterocycles. The number of nitrogens with zero attached hydrogens (tertiary/aromatic N) is 2. The zero-order valence-electron chi connectivity index (χ0n) is 14.7. The number of rotatable bonds is 4. The quantitative estimate of drug-likeness (QED) is 0.549. The smallest absolute Gasteiger partial charge is 0.255 e. The molecule has 0 unspecified atom stereocenters. The van der Waals surface area contributed by atoms with Crippen LogP contribution in [0.1, 0.15) is 27.8 Å². The number of Topliss-reactive ketones (excluding diaryl/α,β-unsaturated/α-hetero) is 1. The molecule has 1 amide bonds. The molecule has 4 aromatic rings. The Bertz CT molecular complexity index is 1130. The number of hydrogen-bond donors (Lipinski definition) is 1. The molecule has 1 aromatic heterocycles. The van der Waals surface area contributed by atoms with E-state index in [-0.39, 0.29) is 11.7 Å². The standard InChI is InChI=1S/C22H17N3O2/c1-15(26)21-19-13-12-17(23-22(27)16-8-4-2-5-9-16)14-20(19)25(24-21)18-10-6-3-7-11-18/h2-14H,1H3,(H,23,27). The SMILES string of the molecule is CC(=O)c1nn(-c2ccccc2)c2cc(NC(=O)c3ccccc3)ccc12. The van der Waals surface area contributed by atoms with Gasteiger partial charge in [0.15, 0.2) is 5.78 Å². The second kappa shape index (κ2) is 6.88. The van der Waals surface area contributed by atoms with E-state index in [1.54, 1.807) is 22.9 Å². The molecule has 0 fully saturated rings. The number of nitrogens with one attached hydrogen (secondary N) is 1. The van der Waals surface area contributed by atoms with Gasteiger partial charge in [0.05, 0.1) is 11.2 Å². The number of para-hydroxylation sites is 1. The minimum absolute atomic E-state index is 0.101. The van der Waals surface area contributed by atoms with Crippen LogP contribution in [0.3, 0.4) is 0 Å². The van der Waals surface area contributed by atoms with Crippen LogP contribution in [0, 0.1) is 0 Å². The Morgan fingerprint density at radius 1 is 0.889 bits per heavy atom. The predicted octanol–water partition coefficient (Wildman–Crippen LogP) is 4.48. The molecule has 132 valence electrons. The maximum Gasteiger partial charge on any atom is 0.255 e. The van der Waals surface area contributed by atoms with Crippen molar-refractivity contribution in [3.8, 4) is 5.69 Å². The Hall–Kier alpha value is -3.73. The monoisotopic (exact) mass is 355 g/mol. The van der Waals surface area contributed by atoms with E-state index in [0.717, 1.165) is 16.6 Å². The number of benzene rings is 3. The third kappa shape index (κ3) is 3.22. The lowest BCUT2D eigenvalue weighted by Gasteiger charge is -2.07. The molecular formula is C22H17N3O2. The highest BCUT2D eigenvalue weighted by atomic mass is 16.1. The summed E-state index contributed by atoms with van der Waals surface area (Å²) < 4.78 is 1.73. The molecule has 0 aliphatic rings. The van der Waals surface area contributed by atoms with Crippen LogP contribution in [0.25, 0.3) is 16.6 Å². The summed E-state index contributed by atoms with van der Waals surface area (Å²) in [4.78, 5) is 24.4. The third-order valence-electron chi connectivity index (χ3n) is 4.31. The lowest BCUT2D eigenvalue weighted by molar-refractivity contribution is 0.101. The lowest BCUT2D eigenvalue weighted by atomic mass is 10.1. The molecular weight excluding hydrogens is 338 g/mol. The maximum atomic E-state index is 12.4. The van der Waals surface area contributed by atoms with Gasteiger partial charge in [-0.25, -0.2) is 4.68 Å². The molecule has 0 bridgehead atoms. The average Bonchev–Trinajstić information content (AvgIpc) is 3.08. The van der Waals surface area contributed by atoms with Gasteiger partial charge in [-0.05, 0) is 42.5 Å². The van der Waals surface area contributed by atoms with Crippen LogP contribution in [-0.4, -0.2) is 21.5 Å². The van der Waals surface area contributed by atoms with Crippen molar-refractivity contribution in [2.45, 2.75) is 6.92 Å². The highest BCUT2D eigenvalue weighted by Gasteiger charge is 2.16. The van der Waals surface area contributed by atoms with E-state index in [1.807, 2.05) is 60.7 Å². The van der Waals surface area contributed by atoms with Crippen molar-refractivity contribution in [2.75, 3.05) is 5.32 Å². The summed E-state index contributed by atoms with van der Waals surface area (Å²) >= 11 is 0. The van der Waals surface area contributed by atoms with Crippen LogP contribution in [-0.2, 0) is 0 Å². The molecule has 27 heavy (non-hydrogen) atoms.